The Morgan fingerprint density at radius 1 is 1.19 bits per heavy atom. The highest BCUT2D eigenvalue weighted by Gasteiger charge is 2.18. The minimum atomic E-state index is -0.212. The van der Waals surface area contributed by atoms with Crippen LogP contribution in [0.1, 0.15) is 35.2 Å². The Balaban J connectivity index is 1.39. The summed E-state index contributed by atoms with van der Waals surface area (Å²) in [7, 11) is 1.65. The molecular weight excluding hydrogens is 404 g/mol. The first-order chi connectivity index (χ1) is 15.7. The zero-order chi connectivity index (χ0) is 21.9. The number of aromatic nitrogens is 1. The molecule has 3 heterocycles. The Morgan fingerprint density at radius 2 is 2.03 bits per heavy atom. The summed E-state index contributed by atoms with van der Waals surface area (Å²) in [5.41, 5.74) is 4.29. The maximum atomic E-state index is 13.1. The van der Waals surface area contributed by atoms with E-state index in [9.17, 15) is 4.79 Å². The lowest BCUT2D eigenvalue weighted by Gasteiger charge is -2.17. The number of carbonyl (C=O) groups is 1. The molecule has 32 heavy (non-hydrogen) atoms. The fourth-order valence-electron chi connectivity index (χ4n) is 4.22. The van der Waals surface area contributed by atoms with E-state index in [0.717, 1.165) is 42.9 Å². The highest BCUT2D eigenvalue weighted by molar-refractivity contribution is 6.06. The number of fused-ring (bicyclic) bond motifs is 1. The first-order valence-electron chi connectivity index (χ1n) is 11.0. The minimum Gasteiger partial charge on any atom is -0.496 e. The van der Waals surface area contributed by atoms with Crippen LogP contribution < -0.4 is 21.0 Å². The molecule has 0 aliphatic carbocycles. The summed E-state index contributed by atoms with van der Waals surface area (Å²) >= 11 is 0. The fraction of sp³-hybridized carbons (Fsp3) is 0.320. The largest absolute Gasteiger partial charge is 0.496 e. The summed E-state index contributed by atoms with van der Waals surface area (Å²) in [5, 5.41) is 3.00. The molecule has 0 unspecified atom stereocenters. The van der Waals surface area contributed by atoms with E-state index < -0.39 is 0 Å². The van der Waals surface area contributed by atoms with E-state index >= 15 is 0 Å². The van der Waals surface area contributed by atoms with Crippen LogP contribution in [-0.4, -0.2) is 42.5 Å². The fourth-order valence-corrected chi connectivity index (χ4v) is 4.22. The van der Waals surface area contributed by atoms with Crippen molar-refractivity contribution in [2.45, 2.75) is 25.8 Å². The van der Waals surface area contributed by atoms with E-state index in [2.05, 4.69) is 20.2 Å². The molecule has 0 bridgehead atoms. The van der Waals surface area contributed by atoms with Gasteiger partial charge in [-0.2, -0.15) is 4.98 Å². The zero-order valence-electron chi connectivity index (χ0n) is 18.1. The summed E-state index contributed by atoms with van der Waals surface area (Å²) in [4.78, 5) is 24.4. The van der Waals surface area contributed by atoms with Crippen molar-refractivity contribution in [1.29, 1.82) is 0 Å². The first kappa shape index (κ1) is 20.5. The predicted molar refractivity (Wildman–Crippen MR) is 122 cm³/mol. The molecule has 1 aromatic heterocycles. The Hall–Kier alpha value is -3.45. The minimum absolute atomic E-state index is 0.212. The van der Waals surface area contributed by atoms with Gasteiger partial charge in [0.05, 0.1) is 18.4 Å². The monoisotopic (exact) mass is 430 g/mol. The number of rotatable bonds is 6. The van der Waals surface area contributed by atoms with Crippen molar-refractivity contribution in [3.63, 3.8) is 0 Å². The van der Waals surface area contributed by atoms with Crippen LogP contribution in [0.2, 0.25) is 0 Å². The van der Waals surface area contributed by atoms with E-state index in [0.29, 0.717) is 34.6 Å². The SMILES string of the molecule is COc1cc(C(=O)Nc2ccccc2-c2nc3c(o2)=CCCN=3)ccc1CN1CCCC1. The van der Waals surface area contributed by atoms with Crippen molar-refractivity contribution in [3.8, 4) is 17.2 Å². The number of oxazole rings is 1. The second-order valence-electron chi connectivity index (χ2n) is 8.09. The van der Waals surface area contributed by atoms with Gasteiger partial charge < -0.3 is 14.5 Å². The molecular formula is C25H26N4O3. The van der Waals surface area contributed by atoms with Crippen LogP contribution in [0.15, 0.2) is 51.9 Å². The molecule has 1 saturated heterocycles. The quantitative estimate of drug-likeness (QED) is 0.650. The molecule has 7 nitrogen and oxygen atoms in total. The number of likely N-dealkylation sites (tertiary alicyclic amines) is 1. The third kappa shape index (κ3) is 4.16. The van der Waals surface area contributed by atoms with Crippen molar-refractivity contribution in [3.05, 3.63) is 64.5 Å². The van der Waals surface area contributed by atoms with Crippen LogP contribution in [0.3, 0.4) is 0 Å². The average molecular weight is 431 g/mol. The molecule has 164 valence electrons. The predicted octanol–water partition coefficient (Wildman–Crippen LogP) is 3.00. The van der Waals surface area contributed by atoms with Gasteiger partial charge >= 0.3 is 0 Å². The molecule has 5 rings (SSSR count). The van der Waals surface area contributed by atoms with Crippen LogP contribution >= 0.6 is 0 Å². The van der Waals surface area contributed by atoms with E-state index in [1.807, 2.05) is 42.5 Å². The van der Waals surface area contributed by atoms with E-state index in [1.54, 1.807) is 13.2 Å². The molecule has 1 fully saturated rings. The normalized spacial score (nSPS) is 15.5. The van der Waals surface area contributed by atoms with Gasteiger partial charge in [-0.05, 0) is 62.7 Å². The highest BCUT2D eigenvalue weighted by Crippen LogP contribution is 2.27. The van der Waals surface area contributed by atoms with Gasteiger partial charge in [-0.25, -0.2) is 0 Å². The number of amides is 1. The Kier molecular flexibility index (Phi) is 5.73. The van der Waals surface area contributed by atoms with Crippen molar-refractivity contribution in [2.75, 3.05) is 32.1 Å². The van der Waals surface area contributed by atoms with Crippen LogP contribution in [0, 0.1) is 0 Å². The molecule has 1 amide bonds. The van der Waals surface area contributed by atoms with Gasteiger partial charge in [0, 0.05) is 24.2 Å². The highest BCUT2D eigenvalue weighted by atomic mass is 16.5. The van der Waals surface area contributed by atoms with E-state index in [4.69, 9.17) is 9.15 Å². The smallest absolute Gasteiger partial charge is 0.255 e. The van der Waals surface area contributed by atoms with Gasteiger partial charge in [0.15, 0.2) is 10.9 Å². The van der Waals surface area contributed by atoms with Gasteiger partial charge in [-0.1, -0.05) is 18.2 Å². The lowest BCUT2D eigenvalue weighted by Crippen LogP contribution is -2.25. The average Bonchev–Trinajstić information content (AvgIpc) is 3.49. The third-order valence-electron chi connectivity index (χ3n) is 5.90. The van der Waals surface area contributed by atoms with E-state index in [1.165, 1.54) is 12.8 Å². The van der Waals surface area contributed by atoms with Crippen molar-refractivity contribution in [2.24, 2.45) is 4.99 Å². The van der Waals surface area contributed by atoms with Crippen molar-refractivity contribution in [1.82, 2.24) is 9.88 Å². The standard InChI is InChI=1S/C25H26N4O3/c1-31-22-15-17(10-11-18(22)16-29-13-4-5-14-29)24(30)27-20-8-3-2-7-19(20)25-28-23-21(32-25)9-6-12-26-23/h2-3,7-11,15H,4-6,12-14,16H2,1H3,(H,27,30). The number of benzene rings is 2. The molecule has 0 radical (unpaired) electrons. The first-order valence-corrected chi connectivity index (χ1v) is 11.0. The number of hydrogen-bond acceptors (Lipinski definition) is 6. The summed E-state index contributed by atoms with van der Waals surface area (Å²) in [5.74, 6) is 0.970. The van der Waals surface area contributed by atoms with Crippen molar-refractivity contribution >= 4 is 17.7 Å². The Bertz CT molecular complexity index is 1220. The van der Waals surface area contributed by atoms with Gasteiger partial charge in [0.25, 0.3) is 5.91 Å². The lowest BCUT2D eigenvalue weighted by molar-refractivity contribution is 0.102. The topological polar surface area (TPSA) is 80.0 Å². The molecule has 2 aromatic carbocycles. The number of para-hydroxylation sites is 1. The van der Waals surface area contributed by atoms with Crippen LogP contribution in [0.25, 0.3) is 17.5 Å². The number of hydrogen-bond donors (Lipinski definition) is 1. The number of ether oxygens (including phenoxy) is 1. The molecule has 2 aliphatic heterocycles. The van der Waals surface area contributed by atoms with Gasteiger partial charge in [-0.3, -0.25) is 14.7 Å². The number of nitrogens with zero attached hydrogens (tertiary/aromatic N) is 3. The van der Waals surface area contributed by atoms with Gasteiger partial charge in [-0.15, -0.1) is 0 Å². The number of anilines is 1. The summed E-state index contributed by atoms with van der Waals surface area (Å²) < 4.78 is 11.5. The molecule has 3 aromatic rings. The van der Waals surface area contributed by atoms with Crippen LogP contribution in [-0.2, 0) is 6.54 Å². The van der Waals surface area contributed by atoms with Crippen LogP contribution in [0.5, 0.6) is 5.75 Å². The number of methoxy groups -OCH3 is 1. The second-order valence-corrected chi connectivity index (χ2v) is 8.09. The molecule has 1 N–H and O–H groups in total. The Labute approximate surface area is 186 Å². The molecule has 0 saturated carbocycles. The number of carbonyl (C=O) groups excluding carboxylic acids is 1. The van der Waals surface area contributed by atoms with Crippen molar-refractivity contribution < 1.29 is 13.9 Å². The van der Waals surface area contributed by atoms with Gasteiger partial charge in [0.1, 0.15) is 5.75 Å². The molecule has 2 aliphatic rings. The second kappa shape index (κ2) is 8.96. The van der Waals surface area contributed by atoms with Gasteiger partial charge in [0.2, 0.25) is 5.89 Å². The number of nitrogens with one attached hydrogen (secondary N) is 1. The summed E-state index contributed by atoms with van der Waals surface area (Å²) in [6, 6.07) is 13.1. The third-order valence-corrected chi connectivity index (χ3v) is 5.90. The zero-order valence-corrected chi connectivity index (χ0v) is 18.1. The maximum Gasteiger partial charge on any atom is 0.255 e. The van der Waals surface area contributed by atoms with Crippen LogP contribution in [0.4, 0.5) is 5.69 Å². The Morgan fingerprint density at radius 3 is 2.84 bits per heavy atom. The van der Waals surface area contributed by atoms with E-state index in [-0.39, 0.29) is 5.91 Å². The lowest BCUT2D eigenvalue weighted by atomic mass is 10.1. The summed E-state index contributed by atoms with van der Waals surface area (Å²) in [6.07, 6.45) is 5.31. The maximum absolute atomic E-state index is 13.1. The molecule has 7 heteroatoms. The summed E-state index contributed by atoms with van der Waals surface area (Å²) in [6.45, 7) is 3.77. The molecule has 0 atom stereocenters. The molecule has 0 spiro atoms.